The molecule has 0 bridgehead atoms. The number of nitrogens with one attached hydrogen (secondary N) is 1. The zero-order chi connectivity index (χ0) is 13.9. The van der Waals surface area contributed by atoms with Gasteiger partial charge in [-0.1, -0.05) is 5.16 Å². The molecule has 0 saturated carbocycles. The third-order valence-electron chi connectivity index (χ3n) is 3.64. The summed E-state index contributed by atoms with van der Waals surface area (Å²) in [5, 5.41) is 7.47. The van der Waals surface area contributed by atoms with Crippen molar-refractivity contribution in [2.24, 2.45) is 0 Å². The van der Waals surface area contributed by atoms with Crippen molar-refractivity contribution in [1.29, 1.82) is 0 Å². The Morgan fingerprint density at radius 3 is 2.85 bits per heavy atom. The van der Waals surface area contributed by atoms with Gasteiger partial charge in [0.1, 0.15) is 0 Å². The van der Waals surface area contributed by atoms with E-state index < -0.39 is 0 Å². The Labute approximate surface area is 118 Å². The normalized spacial score (nSPS) is 18.1. The third-order valence-corrected chi connectivity index (χ3v) is 3.64. The Balaban J connectivity index is 1.79. The average Bonchev–Trinajstić information content (AvgIpc) is 2.97. The predicted octanol–water partition coefficient (Wildman–Crippen LogP) is 1.41. The first-order valence-electron chi connectivity index (χ1n) is 6.94. The molecular formula is C14H19N5O. The van der Waals surface area contributed by atoms with E-state index in [-0.39, 0.29) is 6.04 Å². The first-order valence-corrected chi connectivity index (χ1v) is 6.94. The zero-order valence-corrected chi connectivity index (χ0v) is 11.8. The lowest BCUT2D eigenvalue weighted by Crippen LogP contribution is -2.44. The molecule has 0 aromatic carbocycles. The minimum absolute atomic E-state index is 0.173. The number of pyridine rings is 1. The highest BCUT2D eigenvalue weighted by atomic mass is 16.5. The second-order valence-corrected chi connectivity index (χ2v) is 5.17. The summed E-state index contributed by atoms with van der Waals surface area (Å²) in [7, 11) is 0. The van der Waals surface area contributed by atoms with E-state index in [4.69, 9.17) is 4.52 Å². The summed E-state index contributed by atoms with van der Waals surface area (Å²) in [5.74, 6) is 1.28. The molecule has 20 heavy (non-hydrogen) atoms. The number of aryl methyl sites for hydroxylation is 1. The van der Waals surface area contributed by atoms with Crippen molar-refractivity contribution in [3.05, 3.63) is 29.8 Å². The van der Waals surface area contributed by atoms with E-state index in [1.54, 1.807) is 6.20 Å². The van der Waals surface area contributed by atoms with E-state index >= 15 is 0 Å². The maximum absolute atomic E-state index is 5.37. The standard InChI is InChI=1S/C14H19N5O/c1-10-7-12(9-16-8-10)14-17-13(18-20-14)11(2)19-5-3-15-4-6-19/h7-9,11,15H,3-6H2,1-2H3. The lowest BCUT2D eigenvalue weighted by molar-refractivity contribution is 0.176. The second-order valence-electron chi connectivity index (χ2n) is 5.17. The molecule has 3 rings (SSSR count). The third kappa shape index (κ3) is 2.71. The van der Waals surface area contributed by atoms with Crippen LogP contribution in [0.3, 0.4) is 0 Å². The van der Waals surface area contributed by atoms with Crippen molar-refractivity contribution in [2.75, 3.05) is 26.2 Å². The van der Waals surface area contributed by atoms with Gasteiger partial charge in [0.2, 0.25) is 0 Å². The van der Waals surface area contributed by atoms with E-state index in [1.807, 2.05) is 19.2 Å². The Bertz CT molecular complexity index is 576. The highest BCUT2D eigenvalue weighted by molar-refractivity contribution is 5.51. The van der Waals surface area contributed by atoms with Crippen LogP contribution in [0.1, 0.15) is 24.4 Å². The van der Waals surface area contributed by atoms with Gasteiger partial charge < -0.3 is 9.84 Å². The van der Waals surface area contributed by atoms with Crippen LogP contribution < -0.4 is 5.32 Å². The molecule has 1 unspecified atom stereocenters. The Hall–Kier alpha value is -1.79. The lowest BCUT2D eigenvalue weighted by atomic mass is 10.2. The molecule has 1 N–H and O–H groups in total. The van der Waals surface area contributed by atoms with Gasteiger partial charge in [-0.15, -0.1) is 0 Å². The van der Waals surface area contributed by atoms with E-state index in [1.165, 1.54) is 0 Å². The van der Waals surface area contributed by atoms with Crippen LogP contribution in [0, 0.1) is 6.92 Å². The Morgan fingerprint density at radius 2 is 2.10 bits per heavy atom. The summed E-state index contributed by atoms with van der Waals surface area (Å²) in [4.78, 5) is 11.0. The molecule has 0 aliphatic carbocycles. The zero-order valence-electron chi connectivity index (χ0n) is 11.8. The first-order chi connectivity index (χ1) is 9.74. The van der Waals surface area contributed by atoms with Crippen LogP contribution in [-0.2, 0) is 0 Å². The van der Waals surface area contributed by atoms with Crippen LogP contribution >= 0.6 is 0 Å². The molecule has 2 aromatic rings. The van der Waals surface area contributed by atoms with Crippen LogP contribution in [0.2, 0.25) is 0 Å². The SMILES string of the molecule is Cc1cncc(-c2nc(C(C)N3CCNCC3)no2)c1. The maximum atomic E-state index is 5.37. The molecule has 6 nitrogen and oxygen atoms in total. The van der Waals surface area contributed by atoms with E-state index in [9.17, 15) is 0 Å². The maximum Gasteiger partial charge on any atom is 0.259 e. The molecule has 1 fully saturated rings. The van der Waals surface area contributed by atoms with Crippen molar-refractivity contribution in [1.82, 2.24) is 25.3 Å². The summed E-state index contributed by atoms with van der Waals surface area (Å²) in [6.45, 7) is 8.16. The molecular weight excluding hydrogens is 254 g/mol. The summed E-state index contributed by atoms with van der Waals surface area (Å²) in [5.41, 5.74) is 1.95. The van der Waals surface area contributed by atoms with Gasteiger partial charge in [-0.3, -0.25) is 9.88 Å². The molecule has 2 aromatic heterocycles. The van der Waals surface area contributed by atoms with Crippen LogP contribution in [-0.4, -0.2) is 46.2 Å². The molecule has 0 amide bonds. The highest BCUT2D eigenvalue weighted by Crippen LogP contribution is 2.22. The number of hydrogen-bond acceptors (Lipinski definition) is 6. The quantitative estimate of drug-likeness (QED) is 0.912. The topological polar surface area (TPSA) is 67.1 Å². The van der Waals surface area contributed by atoms with Crippen molar-refractivity contribution < 1.29 is 4.52 Å². The minimum Gasteiger partial charge on any atom is -0.334 e. The summed E-state index contributed by atoms with van der Waals surface area (Å²) in [6.07, 6.45) is 3.56. The van der Waals surface area contributed by atoms with Gasteiger partial charge in [0.05, 0.1) is 11.6 Å². The molecule has 3 heterocycles. The summed E-state index contributed by atoms with van der Waals surface area (Å²) in [6, 6.07) is 2.17. The van der Waals surface area contributed by atoms with Gasteiger partial charge in [-0.25, -0.2) is 0 Å². The van der Waals surface area contributed by atoms with Crippen LogP contribution in [0.5, 0.6) is 0 Å². The average molecular weight is 273 g/mol. The van der Waals surface area contributed by atoms with Crippen LogP contribution in [0.15, 0.2) is 23.0 Å². The van der Waals surface area contributed by atoms with Gasteiger partial charge in [0.25, 0.3) is 5.89 Å². The van der Waals surface area contributed by atoms with Crippen molar-refractivity contribution in [2.45, 2.75) is 19.9 Å². The van der Waals surface area contributed by atoms with Gasteiger partial charge in [-0.2, -0.15) is 4.98 Å². The van der Waals surface area contributed by atoms with Crippen LogP contribution in [0.25, 0.3) is 11.5 Å². The predicted molar refractivity (Wildman–Crippen MR) is 75.1 cm³/mol. The number of rotatable bonds is 3. The fourth-order valence-electron chi connectivity index (χ4n) is 2.43. The molecule has 6 heteroatoms. The van der Waals surface area contributed by atoms with E-state index in [2.05, 4.69) is 32.3 Å². The second kappa shape index (κ2) is 5.68. The molecule has 106 valence electrons. The smallest absolute Gasteiger partial charge is 0.259 e. The number of hydrogen-bond donors (Lipinski definition) is 1. The molecule has 1 atom stereocenters. The Morgan fingerprint density at radius 1 is 1.30 bits per heavy atom. The van der Waals surface area contributed by atoms with E-state index in [0.717, 1.165) is 43.1 Å². The molecule has 1 saturated heterocycles. The molecule has 1 aliphatic heterocycles. The fraction of sp³-hybridized carbons (Fsp3) is 0.500. The van der Waals surface area contributed by atoms with Crippen molar-refractivity contribution in [3.8, 4) is 11.5 Å². The molecule has 0 spiro atoms. The minimum atomic E-state index is 0.173. The van der Waals surface area contributed by atoms with Gasteiger partial charge in [-0.05, 0) is 25.5 Å². The monoisotopic (exact) mass is 273 g/mol. The van der Waals surface area contributed by atoms with Gasteiger partial charge in [0.15, 0.2) is 5.82 Å². The van der Waals surface area contributed by atoms with Gasteiger partial charge >= 0.3 is 0 Å². The fourth-order valence-corrected chi connectivity index (χ4v) is 2.43. The molecule has 1 aliphatic rings. The largest absolute Gasteiger partial charge is 0.334 e. The Kier molecular flexibility index (Phi) is 3.75. The van der Waals surface area contributed by atoms with Crippen molar-refractivity contribution in [3.63, 3.8) is 0 Å². The first kappa shape index (κ1) is 13.2. The van der Waals surface area contributed by atoms with E-state index in [0.29, 0.717) is 5.89 Å². The summed E-state index contributed by atoms with van der Waals surface area (Å²) < 4.78 is 5.37. The van der Waals surface area contributed by atoms with Crippen LogP contribution in [0.4, 0.5) is 0 Å². The molecule has 0 radical (unpaired) electrons. The summed E-state index contributed by atoms with van der Waals surface area (Å²) >= 11 is 0. The van der Waals surface area contributed by atoms with Gasteiger partial charge in [0, 0.05) is 38.6 Å². The van der Waals surface area contributed by atoms with Crippen molar-refractivity contribution >= 4 is 0 Å². The number of aromatic nitrogens is 3. The lowest BCUT2D eigenvalue weighted by Gasteiger charge is -2.30. The highest BCUT2D eigenvalue weighted by Gasteiger charge is 2.22. The number of nitrogens with zero attached hydrogens (tertiary/aromatic N) is 4. The number of piperazine rings is 1.